The van der Waals surface area contributed by atoms with Gasteiger partial charge in [-0.25, -0.2) is 8.42 Å². The summed E-state index contributed by atoms with van der Waals surface area (Å²) in [7, 11) is -1.66. The molecule has 0 aromatic heterocycles. The lowest BCUT2D eigenvalue weighted by Crippen LogP contribution is -2.59. The van der Waals surface area contributed by atoms with Crippen molar-refractivity contribution >= 4 is 21.7 Å². The van der Waals surface area contributed by atoms with E-state index in [2.05, 4.69) is 5.32 Å². The molecule has 7 nitrogen and oxygen atoms in total. The van der Waals surface area contributed by atoms with Gasteiger partial charge in [0.1, 0.15) is 5.75 Å². The Labute approximate surface area is 148 Å². The van der Waals surface area contributed by atoms with Gasteiger partial charge in [0.25, 0.3) is 5.91 Å². The van der Waals surface area contributed by atoms with Crippen molar-refractivity contribution in [3.05, 3.63) is 29.8 Å². The van der Waals surface area contributed by atoms with E-state index in [-0.39, 0.29) is 43.1 Å². The quantitative estimate of drug-likeness (QED) is 0.765. The molecule has 0 saturated carbocycles. The number of hydrogen-bond acceptors (Lipinski definition) is 5. The van der Waals surface area contributed by atoms with Crippen LogP contribution >= 0.6 is 0 Å². The molecule has 1 aliphatic rings. The Morgan fingerprint density at radius 2 is 2.00 bits per heavy atom. The predicted octanol–water partition coefficient (Wildman–Crippen LogP) is 0.707. The van der Waals surface area contributed by atoms with Crippen LogP contribution in [0.2, 0.25) is 0 Å². The molecule has 2 amide bonds. The molecule has 0 bridgehead atoms. The summed E-state index contributed by atoms with van der Waals surface area (Å²) in [5.74, 6) is 0.0903. The van der Waals surface area contributed by atoms with Crippen molar-refractivity contribution in [2.45, 2.75) is 19.1 Å². The molecule has 1 heterocycles. The molecule has 138 valence electrons. The number of methoxy groups -OCH3 is 1. The second-order valence-corrected chi connectivity index (χ2v) is 8.88. The van der Waals surface area contributed by atoms with E-state index in [9.17, 15) is 18.0 Å². The first-order valence-corrected chi connectivity index (χ1v) is 9.86. The summed E-state index contributed by atoms with van der Waals surface area (Å²) in [6, 6.07) is 6.62. The van der Waals surface area contributed by atoms with Crippen LogP contribution in [-0.4, -0.2) is 62.9 Å². The lowest BCUT2D eigenvalue weighted by atomic mass is 10.2. The molecule has 0 unspecified atom stereocenters. The molecule has 0 aliphatic carbocycles. The zero-order valence-corrected chi connectivity index (χ0v) is 15.5. The van der Waals surface area contributed by atoms with E-state index >= 15 is 0 Å². The molecule has 1 fully saturated rings. The highest BCUT2D eigenvalue weighted by atomic mass is 32.2. The van der Waals surface area contributed by atoms with Gasteiger partial charge in [0.05, 0.1) is 24.7 Å². The van der Waals surface area contributed by atoms with Crippen molar-refractivity contribution in [1.82, 2.24) is 10.2 Å². The van der Waals surface area contributed by atoms with E-state index in [0.29, 0.717) is 11.3 Å². The SMILES string of the molecule is COc1cccc(C(=O)NCC(=O)N2CC(S(=O)(=O)CC(C)C)C2)c1. The number of amides is 2. The minimum absolute atomic E-state index is 0.0666. The maximum absolute atomic E-state index is 12.1. The molecule has 8 heteroatoms. The number of benzene rings is 1. The van der Waals surface area contributed by atoms with Crippen LogP contribution in [-0.2, 0) is 14.6 Å². The van der Waals surface area contributed by atoms with Crippen LogP contribution in [0.3, 0.4) is 0 Å². The van der Waals surface area contributed by atoms with Gasteiger partial charge in [-0.1, -0.05) is 19.9 Å². The lowest BCUT2D eigenvalue weighted by Gasteiger charge is -2.39. The van der Waals surface area contributed by atoms with Gasteiger partial charge in [-0.3, -0.25) is 9.59 Å². The summed E-state index contributed by atoms with van der Waals surface area (Å²) in [4.78, 5) is 25.6. The van der Waals surface area contributed by atoms with Crippen LogP contribution in [0.15, 0.2) is 24.3 Å². The van der Waals surface area contributed by atoms with Crippen LogP contribution < -0.4 is 10.1 Å². The largest absolute Gasteiger partial charge is 0.497 e. The van der Waals surface area contributed by atoms with Gasteiger partial charge in [0.2, 0.25) is 5.91 Å². The average molecular weight is 368 g/mol. The van der Waals surface area contributed by atoms with E-state index in [1.807, 2.05) is 13.8 Å². The van der Waals surface area contributed by atoms with Crippen LogP contribution in [0.25, 0.3) is 0 Å². The van der Waals surface area contributed by atoms with Gasteiger partial charge in [0.15, 0.2) is 9.84 Å². The number of ether oxygens (including phenoxy) is 1. The Bertz CT molecular complexity index is 739. The summed E-state index contributed by atoms with van der Waals surface area (Å²) in [6.07, 6.45) is 0. The minimum Gasteiger partial charge on any atom is -0.497 e. The normalized spacial score (nSPS) is 15.0. The Hall–Kier alpha value is -2.09. The Kier molecular flexibility index (Phi) is 6.05. The third kappa shape index (κ3) is 4.94. The van der Waals surface area contributed by atoms with Crippen molar-refractivity contribution in [2.24, 2.45) is 5.92 Å². The highest BCUT2D eigenvalue weighted by Gasteiger charge is 2.39. The van der Waals surface area contributed by atoms with E-state index in [1.54, 1.807) is 24.3 Å². The third-order valence-corrected chi connectivity index (χ3v) is 6.45. The molecule has 0 radical (unpaired) electrons. The molecule has 1 aromatic carbocycles. The number of nitrogens with zero attached hydrogens (tertiary/aromatic N) is 1. The fraction of sp³-hybridized carbons (Fsp3) is 0.529. The topological polar surface area (TPSA) is 92.8 Å². The Morgan fingerprint density at radius 1 is 1.32 bits per heavy atom. The Morgan fingerprint density at radius 3 is 2.60 bits per heavy atom. The first-order valence-electron chi connectivity index (χ1n) is 8.14. The number of rotatable bonds is 7. The number of hydrogen-bond donors (Lipinski definition) is 1. The van der Waals surface area contributed by atoms with Gasteiger partial charge in [0, 0.05) is 18.7 Å². The zero-order valence-electron chi connectivity index (χ0n) is 14.7. The first kappa shape index (κ1) is 19.2. The van der Waals surface area contributed by atoms with Crippen LogP contribution in [0.5, 0.6) is 5.75 Å². The van der Waals surface area contributed by atoms with Crippen molar-refractivity contribution in [1.29, 1.82) is 0 Å². The maximum Gasteiger partial charge on any atom is 0.251 e. The fourth-order valence-electron chi connectivity index (χ4n) is 2.60. The van der Waals surface area contributed by atoms with E-state index in [1.165, 1.54) is 12.0 Å². The number of carbonyl (C=O) groups is 2. The number of carbonyl (C=O) groups excluding carboxylic acids is 2. The second kappa shape index (κ2) is 7.86. The van der Waals surface area contributed by atoms with Gasteiger partial charge in [-0.05, 0) is 24.1 Å². The summed E-state index contributed by atoms with van der Waals surface area (Å²) < 4.78 is 29.2. The second-order valence-electron chi connectivity index (χ2n) is 6.56. The van der Waals surface area contributed by atoms with Crippen LogP contribution in [0.1, 0.15) is 24.2 Å². The van der Waals surface area contributed by atoms with Crippen molar-refractivity contribution in [3.63, 3.8) is 0 Å². The van der Waals surface area contributed by atoms with Gasteiger partial charge in [-0.2, -0.15) is 0 Å². The molecule has 2 rings (SSSR count). The first-order chi connectivity index (χ1) is 11.7. The van der Waals surface area contributed by atoms with Gasteiger partial charge < -0.3 is 15.0 Å². The summed E-state index contributed by atoms with van der Waals surface area (Å²) >= 11 is 0. The van der Waals surface area contributed by atoms with Crippen molar-refractivity contribution in [2.75, 3.05) is 32.5 Å². The molecular weight excluding hydrogens is 344 g/mol. The number of nitrogens with one attached hydrogen (secondary N) is 1. The van der Waals surface area contributed by atoms with Crippen LogP contribution in [0.4, 0.5) is 0 Å². The lowest BCUT2D eigenvalue weighted by molar-refractivity contribution is -0.133. The van der Waals surface area contributed by atoms with Crippen molar-refractivity contribution in [3.8, 4) is 5.75 Å². The summed E-state index contributed by atoms with van der Waals surface area (Å²) in [5.41, 5.74) is 0.396. The van der Waals surface area contributed by atoms with Crippen LogP contribution in [0, 0.1) is 5.92 Å². The summed E-state index contributed by atoms with van der Waals surface area (Å²) in [5, 5.41) is 2.06. The molecule has 1 N–H and O–H groups in total. The number of sulfone groups is 1. The maximum atomic E-state index is 12.1. The molecule has 1 aliphatic heterocycles. The molecule has 0 atom stereocenters. The minimum atomic E-state index is -3.17. The van der Waals surface area contributed by atoms with Gasteiger partial charge >= 0.3 is 0 Å². The highest BCUT2D eigenvalue weighted by molar-refractivity contribution is 7.92. The Balaban J connectivity index is 1.81. The molecule has 0 spiro atoms. The highest BCUT2D eigenvalue weighted by Crippen LogP contribution is 2.19. The third-order valence-electron chi connectivity index (χ3n) is 4.01. The average Bonchev–Trinajstić information content (AvgIpc) is 2.49. The van der Waals surface area contributed by atoms with Gasteiger partial charge in [-0.15, -0.1) is 0 Å². The van der Waals surface area contributed by atoms with E-state index in [0.717, 1.165) is 0 Å². The molecule has 1 aromatic rings. The standard InChI is InChI=1S/C17H24N2O5S/c1-12(2)11-25(22,23)15-9-19(10-15)16(20)8-18-17(21)13-5-4-6-14(7-13)24-3/h4-7,12,15H,8-11H2,1-3H3,(H,18,21). The summed E-state index contributed by atoms with van der Waals surface area (Å²) in [6.45, 7) is 3.94. The van der Waals surface area contributed by atoms with E-state index in [4.69, 9.17) is 4.74 Å². The van der Waals surface area contributed by atoms with Crippen molar-refractivity contribution < 1.29 is 22.7 Å². The molecule has 1 saturated heterocycles. The zero-order chi connectivity index (χ0) is 18.6. The fourth-order valence-corrected chi connectivity index (χ4v) is 4.62. The monoisotopic (exact) mass is 368 g/mol. The van der Waals surface area contributed by atoms with E-state index < -0.39 is 15.1 Å². The molecule has 25 heavy (non-hydrogen) atoms. The number of likely N-dealkylation sites (tertiary alicyclic amines) is 1. The smallest absolute Gasteiger partial charge is 0.251 e. The predicted molar refractivity (Wildman–Crippen MR) is 94.3 cm³/mol. The molecular formula is C17H24N2O5S.